The van der Waals surface area contributed by atoms with Crippen molar-refractivity contribution in [3.8, 4) is 0 Å². The number of rotatable bonds is 2. The van der Waals surface area contributed by atoms with Crippen LogP contribution in [0.4, 0.5) is 10.1 Å². The summed E-state index contributed by atoms with van der Waals surface area (Å²) in [7, 11) is 3.49. The van der Waals surface area contributed by atoms with Gasteiger partial charge in [0.2, 0.25) is 0 Å². The second-order valence-electron chi connectivity index (χ2n) is 6.53. The minimum Gasteiger partial charge on any atom is -0.397 e. The predicted octanol–water partition coefficient (Wildman–Crippen LogP) is 4.35. The van der Waals surface area contributed by atoms with Crippen molar-refractivity contribution in [3.63, 3.8) is 0 Å². The van der Waals surface area contributed by atoms with Crippen LogP contribution in [0.25, 0.3) is 16.5 Å². The maximum absolute atomic E-state index is 14.6. The molecule has 1 aliphatic heterocycles. The van der Waals surface area contributed by atoms with Crippen molar-refractivity contribution >= 4 is 39.1 Å². The summed E-state index contributed by atoms with van der Waals surface area (Å²) < 4.78 is 16.3. The summed E-state index contributed by atoms with van der Waals surface area (Å²) in [5.74, 6) is -0.413. The molecule has 3 heterocycles. The number of nitrogens with two attached hydrogens (primary N) is 1. The molecule has 8 heteroatoms. The normalized spacial score (nSPS) is 14.9. The van der Waals surface area contributed by atoms with Gasteiger partial charge in [-0.2, -0.15) is 5.10 Å². The highest BCUT2D eigenvalue weighted by Crippen LogP contribution is 2.34. The average Bonchev–Trinajstić information content (AvgIpc) is 3.14. The van der Waals surface area contributed by atoms with Crippen LogP contribution >= 0.6 is 11.8 Å². The van der Waals surface area contributed by atoms with Crippen LogP contribution in [0.1, 0.15) is 5.56 Å². The lowest BCUT2D eigenvalue weighted by Gasteiger charge is -2.26. The van der Waals surface area contributed by atoms with Crippen LogP contribution in [0.3, 0.4) is 0 Å². The van der Waals surface area contributed by atoms with Gasteiger partial charge in [0, 0.05) is 47.9 Å². The number of pyridine rings is 1. The molecular weight excluding hydrogens is 387 g/mol. The molecule has 0 unspecified atom stereocenters. The van der Waals surface area contributed by atoms with Gasteiger partial charge in [-0.05, 0) is 30.3 Å². The first-order valence-electron chi connectivity index (χ1n) is 8.81. The molecule has 0 amide bonds. The van der Waals surface area contributed by atoms with Crippen LogP contribution in [0.2, 0.25) is 0 Å². The largest absolute Gasteiger partial charge is 0.397 e. The standard InChI is InChI=1S/C21H19FN6S/c1-13-19(22)8-15(16-9-26-27(3)11-16)12-28(13)21(24-2)29-18-4-5-20-14(7-18)6-17(23)10-25-20/h4-12H,1,23H2,2-3H3. The summed E-state index contributed by atoms with van der Waals surface area (Å²) in [5, 5.41) is 5.69. The van der Waals surface area contributed by atoms with E-state index in [-0.39, 0.29) is 5.70 Å². The molecule has 3 aromatic rings. The number of allylic oxidation sites excluding steroid dienone is 3. The lowest BCUT2D eigenvalue weighted by atomic mass is 10.1. The summed E-state index contributed by atoms with van der Waals surface area (Å²) in [5.41, 5.74) is 9.05. The second-order valence-corrected chi connectivity index (χ2v) is 7.57. The van der Waals surface area contributed by atoms with Gasteiger partial charge in [0.05, 0.1) is 29.3 Å². The van der Waals surface area contributed by atoms with Gasteiger partial charge in [0.15, 0.2) is 5.17 Å². The van der Waals surface area contributed by atoms with Crippen molar-refractivity contribution in [2.45, 2.75) is 4.90 Å². The Morgan fingerprint density at radius 2 is 2.10 bits per heavy atom. The fourth-order valence-corrected chi connectivity index (χ4v) is 3.87. The number of hydrogen-bond donors (Lipinski definition) is 1. The van der Waals surface area contributed by atoms with Gasteiger partial charge in [-0.25, -0.2) is 4.39 Å². The fourth-order valence-electron chi connectivity index (χ4n) is 2.99. The molecule has 0 atom stereocenters. The monoisotopic (exact) mass is 406 g/mol. The van der Waals surface area contributed by atoms with E-state index in [1.54, 1.807) is 29.0 Å². The molecule has 0 spiro atoms. The Morgan fingerprint density at radius 3 is 2.83 bits per heavy atom. The Labute approximate surface area is 171 Å². The van der Waals surface area contributed by atoms with Gasteiger partial charge < -0.3 is 5.73 Å². The van der Waals surface area contributed by atoms with Crippen molar-refractivity contribution in [2.75, 3.05) is 12.8 Å². The van der Waals surface area contributed by atoms with E-state index in [9.17, 15) is 4.39 Å². The summed E-state index contributed by atoms with van der Waals surface area (Å²) >= 11 is 1.41. The number of anilines is 1. The first-order valence-corrected chi connectivity index (χ1v) is 9.63. The zero-order valence-corrected chi connectivity index (χ0v) is 16.8. The first-order chi connectivity index (χ1) is 13.9. The van der Waals surface area contributed by atoms with Gasteiger partial charge in [0.1, 0.15) is 5.83 Å². The molecule has 2 N–H and O–H groups in total. The molecule has 1 aromatic carbocycles. The van der Waals surface area contributed by atoms with E-state index in [1.807, 2.05) is 43.7 Å². The number of amidine groups is 1. The molecule has 2 aromatic heterocycles. The second kappa shape index (κ2) is 7.56. The Bertz CT molecular complexity index is 1210. The summed E-state index contributed by atoms with van der Waals surface area (Å²) in [4.78, 5) is 11.3. The third kappa shape index (κ3) is 3.79. The van der Waals surface area contributed by atoms with Gasteiger partial charge in [-0.1, -0.05) is 18.3 Å². The van der Waals surface area contributed by atoms with Gasteiger partial charge in [-0.3, -0.25) is 19.6 Å². The molecule has 0 bridgehead atoms. The number of nitrogens with zero attached hydrogens (tertiary/aromatic N) is 5. The van der Waals surface area contributed by atoms with E-state index in [2.05, 4.69) is 21.7 Å². The molecule has 1 aliphatic rings. The minimum absolute atomic E-state index is 0.234. The number of aryl methyl sites for hydroxylation is 1. The lowest BCUT2D eigenvalue weighted by molar-refractivity contribution is 0.576. The highest BCUT2D eigenvalue weighted by Gasteiger charge is 2.23. The third-order valence-corrected chi connectivity index (χ3v) is 5.49. The first kappa shape index (κ1) is 18.9. The number of nitrogen functional groups attached to an aromatic ring is 1. The zero-order chi connectivity index (χ0) is 20.5. The lowest BCUT2D eigenvalue weighted by Crippen LogP contribution is -2.25. The number of aliphatic imine (C=N–C) groups is 1. The van der Waals surface area contributed by atoms with Gasteiger partial charge in [0.25, 0.3) is 0 Å². The molecule has 0 saturated carbocycles. The van der Waals surface area contributed by atoms with Crippen LogP contribution in [-0.2, 0) is 7.05 Å². The maximum atomic E-state index is 14.6. The topological polar surface area (TPSA) is 72.3 Å². The highest BCUT2D eigenvalue weighted by atomic mass is 32.2. The quantitative estimate of drug-likeness (QED) is 0.389. The Kier molecular flexibility index (Phi) is 4.94. The van der Waals surface area contributed by atoms with E-state index in [0.717, 1.165) is 21.4 Å². The van der Waals surface area contributed by atoms with E-state index in [1.165, 1.54) is 17.8 Å². The molecule has 0 saturated heterocycles. The molecule has 0 fully saturated rings. The van der Waals surface area contributed by atoms with Crippen molar-refractivity contribution < 1.29 is 4.39 Å². The summed E-state index contributed by atoms with van der Waals surface area (Å²) in [6.45, 7) is 3.88. The minimum atomic E-state index is -0.413. The van der Waals surface area contributed by atoms with E-state index >= 15 is 0 Å². The Morgan fingerprint density at radius 1 is 1.28 bits per heavy atom. The maximum Gasteiger partial charge on any atom is 0.172 e. The van der Waals surface area contributed by atoms with E-state index in [0.29, 0.717) is 16.4 Å². The SMILES string of the molecule is C=C1C(F)=CC(c2cnn(C)c2)=CN1C(=NC)Sc1ccc2ncc(N)cc2c1. The molecule has 29 heavy (non-hydrogen) atoms. The van der Waals surface area contributed by atoms with Gasteiger partial charge in [-0.15, -0.1) is 0 Å². The fraction of sp³-hybridized carbons (Fsp3) is 0.0952. The van der Waals surface area contributed by atoms with Crippen LogP contribution in [-0.4, -0.2) is 31.9 Å². The summed E-state index contributed by atoms with van der Waals surface area (Å²) in [6, 6.07) is 7.73. The van der Waals surface area contributed by atoms with Gasteiger partial charge >= 0.3 is 0 Å². The smallest absolute Gasteiger partial charge is 0.172 e. The van der Waals surface area contributed by atoms with Crippen molar-refractivity contribution in [1.29, 1.82) is 0 Å². The van der Waals surface area contributed by atoms with Crippen molar-refractivity contribution in [2.24, 2.45) is 12.0 Å². The number of hydrogen-bond acceptors (Lipinski definition) is 5. The molecule has 0 aliphatic carbocycles. The number of halogens is 1. The number of thioether (sulfide) groups is 1. The molecule has 146 valence electrons. The third-order valence-electron chi connectivity index (χ3n) is 4.44. The Hall–Kier alpha value is -3.39. The molecule has 4 rings (SSSR count). The highest BCUT2D eigenvalue weighted by molar-refractivity contribution is 8.13. The van der Waals surface area contributed by atoms with E-state index in [4.69, 9.17) is 5.73 Å². The molecular formula is C21H19FN6S. The average molecular weight is 406 g/mol. The predicted molar refractivity (Wildman–Crippen MR) is 117 cm³/mol. The van der Waals surface area contributed by atoms with E-state index < -0.39 is 5.83 Å². The molecule has 6 nitrogen and oxygen atoms in total. The zero-order valence-electron chi connectivity index (χ0n) is 16.0. The Balaban J connectivity index is 1.67. The number of aromatic nitrogens is 3. The summed E-state index contributed by atoms with van der Waals surface area (Å²) in [6.07, 6.45) is 8.43. The van der Waals surface area contributed by atoms with Crippen molar-refractivity contribution in [3.05, 3.63) is 78.8 Å². The number of fused-ring (bicyclic) bond motifs is 1. The van der Waals surface area contributed by atoms with Crippen LogP contribution in [0.5, 0.6) is 0 Å². The number of benzene rings is 1. The van der Waals surface area contributed by atoms with Crippen molar-refractivity contribution in [1.82, 2.24) is 19.7 Å². The molecule has 0 radical (unpaired) electrons. The van der Waals surface area contributed by atoms with Crippen LogP contribution < -0.4 is 5.73 Å². The van der Waals surface area contributed by atoms with Crippen LogP contribution in [0, 0.1) is 0 Å². The van der Waals surface area contributed by atoms with Crippen LogP contribution in [0.15, 0.2) is 83.1 Å².